The van der Waals surface area contributed by atoms with Crippen LogP contribution in [0.15, 0.2) is 24.5 Å². The zero-order valence-corrected chi connectivity index (χ0v) is 17.1. The number of nitrogens with one attached hydrogen (secondary N) is 2. The van der Waals surface area contributed by atoms with Gasteiger partial charge in [0.2, 0.25) is 5.91 Å². The van der Waals surface area contributed by atoms with E-state index in [1.165, 1.54) is 22.9 Å². The lowest BCUT2D eigenvalue weighted by Crippen LogP contribution is -2.39. The van der Waals surface area contributed by atoms with Gasteiger partial charge in [-0.05, 0) is 38.1 Å². The van der Waals surface area contributed by atoms with Crippen molar-refractivity contribution >= 4 is 22.6 Å². The van der Waals surface area contributed by atoms with Gasteiger partial charge in [0.25, 0.3) is 5.92 Å². The SMILES string of the molecule is CC(F)(F)[C@@H]1CC(=O)Nc2ncnc(-c3nn([C@H]4CCNC[C@H]4F)c4cc(F)ccc34)c21. The summed E-state index contributed by atoms with van der Waals surface area (Å²) in [5, 5.41) is 10.5. The van der Waals surface area contributed by atoms with Crippen molar-refractivity contribution in [3.8, 4) is 11.4 Å². The fourth-order valence-corrected chi connectivity index (χ4v) is 4.54. The van der Waals surface area contributed by atoms with Crippen LogP contribution in [0.25, 0.3) is 22.3 Å². The van der Waals surface area contributed by atoms with Crippen molar-refractivity contribution in [2.24, 2.45) is 0 Å². The summed E-state index contributed by atoms with van der Waals surface area (Å²) < 4.78 is 59.3. The highest BCUT2D eigenvalue weighted by molar-refractivity contribution is 5.98. The Morgan fingerprint density at radius 2 is 2.03 bits per heavy atom. The Hall–Kier alpha value is -3.08. The molecular formula is C21H20F4N6O. The standard InChI is InChI=1S/C21H20F4N6O/c1-21(24,25)12-7-16(32)29-20-17(12)19(27-9-28-20)18-11-3-2-10(22)6-15(11)31(30-18)14-4-5-26-8-13(14)23/h2-3,6,9,12-14,26H,4-5,7-8H2,1H3,(H,27,28,29,32)/t12-,13-,14+/m1/s1. The predicted octanol–water partition coefficient (Wildman–Crippen LogP) is 3.59. The molecule has 0 bridgehead atoms. The highest BCUT2D eigenvalue weighted by Crippen LogP contribution is 2.46. The summed E-state index contributed by atoms with van der Waals surface area (Å²) in [6.07, 6.45) is -0.108. The van der Waals surface area contributed by atoms with Crippen molar-refractivity contribution in [2.45, 2.75) is 43.8 Å². The maximum Gasteiger partial charge on any atom is 0.252 e. The summed E-state index contributed by atoms with van der Waals surface area (Å²) in [6.45, 7) is 1.44. The Morgan fingerprint density at radius 3 is 2.78 bits per heavy atom. The van der Waals surface area contributed by atoms with Crippen molar-refractivity contribution in [3.05, 3.63) is 35.9 Å². The molecule has 11 heteroatoms. The van der Waals surface area contributed by atoms with Crippen LogP contribution in [0.4, 0.5) is 23.4 Å². The second-order valence-electron chi connectivity index (χ2n) is 8.28. The summed E-state index contributed by atoms with van der Waals surface area (Å²) in [6, 6.07) is 3.32. The highest BCUT2D eigenvalue weighted by Gasteiger charge is 2.44. The highest BCUT2D eigenvalue weighted by atomic mass is 19.3. The number of carbonyl (C=O) groups is 1. The summed E-state index contributed by atoms with van der Waals surface area (Å²) >= 11 is 0. The second kappa shape index (κ2) is 7.51. The third-order valence-corrected chi connectivity index (χ3v) is 6.07. The van der Waals surface area contributed by atoms with E-state index >= 15 is 0 Å². The molecule has 3 aromatic rings. The molecule has 0 spiro atoms. The monoisotopic (exact) mass is 448 g/mol. The van der Waals surface area contributed by atoms with Crippen LogP contribution in [0, 0.1) is 5.82 Å². The van der Waals surface area contributed by atoms with Gasteiger partial charge in [0.05, 0.1) is 17.5 Å². The van der Waals surface area contributed by atoms with Crippen molar-refractivity contribution < 1.29 is 22.4 Å². The van der Waals surface area contributed by atoms with Gasteiger partial charge in [-0.2, -0.15) is 5.10 Å². The van der Waals surface area contributed by atoms with Gasteiger partial charge in [-0.3, -0.25) is 9.48 Å². The van der Waals surface area contributed by atoms with Crippen LogP contribution in [-0.4, -0.2) is 50.8 Å². The third-order valence-electron chi connectivity index (χ3n) is 6.07. The Balaban J connectivity index is 1.75. The maximum atomic E-state index is 14.7. The molecule has 3 atom stereocenters. The van der Waals surface area contributed by atoms with Gasteiger partial charge in [0.1, 0.15) is 35.5 Å². The molecule has 1 aromatic carbocycles. The van der Waals surface area contributed by atoms with Crippen LogP contribution in [0.1, 0.15) is 37.3 Å². The molecule has 5 rings (SSSR count). The van der Waals surface area contributed by atoms with Crippen molar-refractivity contribution in [3.63, 3.8) is 0 Å². The summed E-state index contributed by atoms with van der Waals surface area (Å²) in [5.74, 6) is -5.79. The molecule has 0 radical (unpaired) electrons. The van der Waals surface area contributed by atoms with Crippen LogP contribution in [-0.2, 0) is 4.79 Å². The second-order valence-corrected chi connectivity index (χ2v) is 8.28. The van der Waals surface area contributed by atoms with Gasteiger partial charge >= 0.3 is 0 Å². The molecule has 168 valence electrons. The van der Waals surface area contributed by atoms with Gasteiger partial charge < -0.3 is 10.6 Å². The zero-order valence-electron chi connectivity index (χ0n) is 17.1. The number of hydrogen-bond donors (Lipinski definition) is 2. The molecule has 0 saturated carbocycles. The quantitative estimate of drug-likeness (QED) is 0.599. The number of alkyl halides is 3. The smallest absolute Gasteiger partial charge is 0.252 e. The average molecular weight is 448 g/mol. The number of benzene rings is 1. The van der Waals surface area contributed by atoms with Crippen LogP contribution in [0.5, 0.6) is 0 Å². The molecule has 2 N–H and O–H groups in total. The fourth-order valence-electron chi connectivity index (χ4n) is 4.54. The van der Waals surface area contributed by atoms with Crippen LogP contribution >= 0.6 is 0 Å². The third kappa shape index (κ3) is 3.40. The number of halogens is 4. The Bertz CT molecular complexity index is 1210. The molecule has 32 heavy (non-hydrogen) atoms. The molecule has 0 unspecified atom stereocenters. The van der Waals surface area contributed by atoms with E-state index in [0.717, 1.165) is 13.3 Å². The van der Waals surface area contributed by atoms with Crippen LogP contribution in [0.3, 0.4) is 0 Å². The van der Waals surface area contributed by atoms with E-state index in [0.29, 0.717) is 23.9 Å². The lowest BCUT2D eigenvalue weighted by Gasteiger charge is -2.30. The van der Waals surface area contributed by atoms with E-state index in [2.05, 4.69) is 25.7 Å². The first-order chi connectivity index (χ1) is 15.2. The van der Waals surface area contributed by atoms with E-state index in [1.807, 2.05) is 0 Å². The fraction of sp³-hybridized carbons (Fsp3) is 0.429. The number of hydrogen-bond acceptors (Lipinski definition) is 5. The summed E-state index contributed by atoms with van der Waals surface area (Å²) in [4.78, 5) is 20.2. The van der Waals surface area contributed by atoms with Crippen molar-refractivity contribution in [1.82, 2.24) is 25.1 Å². The number of anilines is 1. The zero-order chi connectivity index (χ0) is 22.6. The minimum Gasteiger partial charge on any atom is -0.314 e. The number of amides is 1. The normalized spacial score (nSPS) is 23.8. The van der Waals surface area contributed by atoms with Crippen molar-refractivity contribution in [2.75, 3.05) is 18.4 Å². The van der Waals surface area contributed by atoms with Gasteiger partial charge in [0.15, 0.2) is 0 Å². The maximum absolute atomic E-state index is 14.7. The Kier molecular flexibility index (Phi) is 4.88. The topological polar surface area (TPSA) is 84.7 Å². The molecule has 1 saturated heterocycles. The van der Waals surface area contributed by atoms with E-state index in [4.69, 9.17) is 0 Å². The minimum absolute atomic E-state index is 0.00665. The molecule has 1 amide bonds. The first-order valence-corrected chi connectivity index (χ1v) is 10.3. The predicted molar refractivity (Wildman–Crippen MR) is 109 cm³/mol. The van der Waals surface area contributed by atoms with Gasteiger partial charge in [-0.25, -0.2) is 27.5 Å². The molecule has 0 aliphatic carbocycles. The van der Waals surface area contributed by atoms with Crippen molar-refractivity contribution in [1.29, 1.82) is 0 Å². The number of rotatable bonds is 3. The minimum atomic E-state index is -3.23. The molecule has 1 fully saturated rings. The van der Waals surface area contributed by atoms with E-state index in [-0.39, 0.29) is 29.3 Å². The number of fused-ring (bicyclic) bond motifs is 2. The molecule has 2 aliphatic rings. The number of piperidine rings is 1. The number of nitrogens with zero attached hydrogens (tertiary/aromatic N) is 4. The first kappa shape index (κ1) is 20.8. The lowest BCUT2D eigenvalue weighted by molar-refractivity contribution is -0.119. The van der Waals surface area contributed by atoms with Gasteiger partial charge in [-0.1, -0.05) is 0 Å². The van der Waals surface area contributed by atoms with E-state index in [1.54, 1.807) is 0 Å². The van der Waals surface area contributed by atoms with Crippen LogP contribution in [0.2, 0.25) is 0 Å². The summed E-state index contributed by atoms with van der Waals surface area (Å²) in [7, 11) is 0. The first-order valence-electron chi connectivity index (χ1n) is 10.3. The van der Waals surface area contributed by atoms with E-state index in [9.17, 15) is 22.4 Å². The van der Waals surface area contributed by atoms with Gasteiger partial charge in [0, 0.05) is 23.9 Å². The Labute approximate surface area is 180 Å². The van der Waals surface area contributed by atoms with Gasteiger partial charge in [-0.15, -0.1) is 0 Å². The molecule has 4 heterocycles. The molecule has 2 aliphatic heterocycles. The van der Waals surface area contributed by atoms with E-state index < -0.39 is 42.2 Å². The average Bonchev–Trinajstić information content (AvgIpc) is 3.10. The summed E-state index contributed by atoms with van der Waals surface area (Å²) in [5.41, 5.74) is 0.746. The lowest BCUT2D eigenvalue weighted by atomic mass is 9.85. The largest absolute Gasteiger partial charge is 0.314 e. The number of aromatic nitrogens is 4. The molecular weight excluding hydrogens is 428 g/mol. The Morgan fingerprint density at radius 1 is 1.22 bits per heavy atom. The van der Waals surface area contributed by atoms with Crippen LogP contribution < -0.4 is 10.6 Å². The number of carbonyl (C=O) groups excluding carboxylic acids is 1. The molecule has 7 nitrogen and oxygen atoms in total. The molecule has 2 aromatic heterocycles.